The maximum Gasteiger partial charge on any atom is 0.159 e. The van der Waals surface area contributed by atoms with E-state index in [4.69, 9.17) is 0 Å². The van der Waals surface area contributed by atoms with Gasteiger partial charge in [-0.2, -0.15) is 0 Å². The molecule has 1 nitrogen and oxygen atoms in total. The lowest BCUT2D eigenvalue weighted by Gasteiger charge is -2.31. The molecule has 2 heteroatoms. The van der Waals surface area contributed by atoms with Gasteiger partial charge >= 0.3 is 0 Å². The van der Waals surface area contributed by atoms with Crippen molar-refractivity contribution in [2.75, 3.05) is 0 Å². The highest BCUT2D eigenvalue weighted by molar-refractivity contribution is 8.00. The minimum Gasteiger partial charge on any atom is -0.295 e. The largest absolute Gasteiger partial charge is 0.295 e. The second kappa shape index (κ2) is 5.92. The first-order valence-electron chi connectivity index (χ1n) is 6.84. The van der Waals surface area contributed by atoms with Crippen molar-refractivity contribution in [1.29, 1.82) is 0 Å². The van der Waals surface area contributed by atoms with E-state index < -0.39 is 0 Å². The van der Waals surface area contributed by atoms with E-state index in [9.17, 15) is 4.79 Å². The molecule has 0 heterocycles. The maximum atomic E-state index is 11.4. The second-order valence-corrected chi connectivity index (χ2v) is 6.97. The summed E-state index contributed by atoms with van der Waals surface area (Å²) in [5, 5.41) is 0.721. The molecule has 0 aliphatic heterocycles. The molecule has 2 rings (SSSR count). The Labute approximate surface area is 114 Å². The summed E-state index contributed by atoms with van der Waals surface area (Å²) in [4.78, 5) is 12.6. The summed E-state index contributed by atoms with van der Waals surface area (Å²) < 4.78 is 0. The molecule has 0 bridgehead atoms. The van der Waals surface area contributed by atoms with Gasteiger partial charge in [-0.05, 0) is 50.2 Å². The lowest BCUT2D eigenvalue weighted by molar-refractivity contribution is 0.101. The molecule has 0 N–H and O–H groups in total. The third-order valence-corrected chi connectivity index (χ3v) is 5.38. The molecule has 98 valence electrons. The number of thioether (sulfide) groups is 1. The smallest absolute Gasteiger partial charge is 0.159 e. The van der Waals surface area contributed by atoms with Crippen molar-refractivity contribution in [2.24, 2.45) is 11.8 Å². The van der Waals surface area contributed by atoms with Gasteiger partial charge in [0.15, 0.2) is 5.78 Å². The number of ketones is 1. The van der Waals surface area contributed by atoms with Crippen LogP contribution in [0, 0.1) is 11.8 Å². The molecule has 1 aliphatic rings. The Hall–Kier alpha value is -0.760. The van der Waals surface area contributed by atoms with Crippen LogP contribution in [0.4, 0.5) is 0 Å². The first-order chi connectivity index (χ1) is 8.56. The molecule has 0 amide bonds. The molecule has 1 fully saturated rings. The van der Waals surface area contributed by atoms with Gasteiger partial charge in [0.05, 0.1) is 0 Å². The van der Waals surface area contributed by atoms with Crippen LogP contribution in [0.5, 0.6) is 0 Å². The molecule has 0 radical (unpaired) electrons. The number of hydrogen-bond acceptors (Lipinski definition) is 2. The Morgan fingerprint density at radius 2 is 2.00 bits per heavy atom. The fourth-order valence-electron chi connectivity index (χ4n) is 2.59. The highest BCUT2D eigenvalue weighted by Gasteiger charge is 2.25. The van der Waals surface area contributed by atoms with Crippen molar-refractivity contribution in [3.8, 4) is 0 Å². The number of rotatable bonds is 3. The summed E-state index contributed by atoms with van der Waals surface area (Å²) in [6, 6.07) is 8.06. The van der Waals surface area contributed by atoms with E-state index >= 15 is 0 Å². The van der Waals surface area contributed by atoms with Crippen molar-refractivity contribution in [1.82, 2.24) is 0 Å². The van der Waals surface area contributed by atoms with Crippen LogP contribution < -0.4 is 0 Å². The molecule has 1 saturated carbocycles. The number of Topliss-reactive ketones (excluding diaryl/α,β-unsaturated/α-hetero) is 1. The molecule has 3 unspecified atom stereocenters. The zero-order valence-corrected chi connectivity index (χ0v) is 12.3. The van der Waals surface area contributed by atoms with E-state index in [2.05, 4.69) is 19.9 Å². The van der Waals surface area contributed by atoms with Gasteiger partial charge in [-0.15, -0.1) is 11.8 Å². The van der Waals surface area contributed by atoms with Crippen LogP contribution >= 0.6 is 11.8 Å². The van der Waals surface area contributed by atoms with Crippen LogP contribution in [0.1, 0.15) is 50.4 Å². The van der Waals surface area contributed by atoms with Gasteiger partial charge in [0.1, 0.15) is 0 Å². The first kappa shape index (κ1) is 13.7. The van der Waals surface area contributed by atoms with E-state index in [1.807, 2.05) is 30.0 Å². The van der Waals surface area contributed by atoms with E-state index in [0.717, 1.165) is 22.6 Å². The van der Waals surface area contributed by atoms with Crippen LogP contribution in [0.3, 0.4) is 0 Å². The minimum absolute atomic E-state index is 0.156. The fraction of sp³-hybridized carbons (Fsp3) is 0.562. The topological polar surface area (TPSA) is 17.1 Å². The normalized spacial score (nSPS) is 28.1. The minimum atomic E-state index is 0.156. The van der Waals surface area contributed by atoms with Crippen molar-refractivity contribution >= 4 is 17.5 Å². The van der Waals surface area contributed by atoms with Gasteiger partial charge in [-0.1, -0.05) is 26.0 Å². The average molecular weight is 262 g/mol. The van der Waals surface area contributed by atoms with Crippen molar-refractivity contribution in [3.05, 3.63) is 29.8 Å². The Morgan fingerprint density at radius 3 is 2.67 bits per heavy atom. The highest BCUT2D eigenvalue weighted by Crippen LogP contribution is 2.38. The molecule has 1 aromatic carbocycles. The molecule has 3 atom stereocenters. The van der Waals surface area contributed by atoms with Gasteiger partial charge in [0.25, 0.3) is 0 Å². The van der Waals surface area contributed by atoms with Gasteiger partial charge < -0.3 is 0 Å². The quantitative estimate of drug-likeness (QED) is 0.727. The van der Waals surface area contributed by atoms with E-state index in [0.29, 0.717) is 0 Å². The lowest BCUT2D eigenvalue weighted by Crippen LogP contribution is -2.22. The Morgan fingerprint density at radius 1 is 1.22 bits per heavy atom. The second-order valence-electron chi connectivity index (χ2n) is 5.59. The Balaban J connectivity index is 2.01. The van der Waals surface area contributed by atoms with E-state index in [-0.39, 0.29) is 5.78 Å². The first-order valence-corrected chi connectivity index (χ1v) is 7.72. The van der Waals surface area contributed by atoms with Crippen LogP contribution in [0.25, 0.3) is 0 Å². The summed E-state index contributed by atoms with van der Waals surface area (Å²) in [5.41, 5.74) is 0.831. The van der Waals surface area contributed by atoms with Gasteiger partial charge in [-0.3, -0.25) is 4.79 Å². The molecular formula is C16H22OS. The molecule has 1 aromatic rings. The number of carbonyl (C=O) groups excluding carboxylic acids is 1. The molecule has 1 aliphatic carbocycles. The molecule has 18 heavy (non-hydrogen) atoms. The van der Waals surface area contributed by atoms with Gasteiger partial charge in [-0.25, -0.2) is 0 Å². The molecule has 0 aromatic heterocycles. The zero-order chi connectivity index (χ0) is 13.1. The Kier molecular flexibility index (Phi) is 4.50. The summed E-state index contributed by atoms with van der Waals surface area (Å²) in [7, 11) is 0. The number of benzene rings is 1. The van der Waals surface area contributed by atoms with Crippen LogP contribution in [-0.2, 0) is 0 Å². The summed E-state index contributed by atoms with van der Waals surface area (Å²) in [5.74, 6) is 1.85. The van der Waals surface area contributed by atoms with Crippen LogP contribution in [0.2, 0.25) is 0 Å². The molecule has 0 saturated heterocycles. The Bertz CT molecular complexity index is 427. The maximum absolute atomic E-state index is 11.4. The standard InChI is InChI=1S/C16H22OS/c1-11-7-8-16(9-12(11)2)18-15-6-4-5-14(10-15)13(3)17/h4-6,10-12,16H,7-9H2,1-3H3. The number of hydrogen-bond donors (Lipinski definition) is 0. The third kappa shape index (κ3) is 3.38. The highest BCUT2D eigenvalue weighted by atomic mass is 32.2. The van der Waals surface area contributed by atoms with Gasteiger partial charge in [0, 0.05) is 15.7 Å². The van der Waals surface area contributed by atoms with Crippen molar-refractivity contribution in [3.63, 3.8) is 0 Å². The fourth-order valence-corrected chi connectivity index (χ4v) is 3.98. The number of carbonyl (C=O) groups is 1. The monoisotopic (exact) mass is 262 g/mol. The lowest BCUT2D eigenvalue weighted by atomic mass is 9.81. The van der Waals surface area contributed by atoms with Gasteiger partial charge in [0.2, 0.25) is 0 Å². The molecular weight excluding hydrogens is 240 g/mol. The molecule has 0 spiro atoms. The van der Waals surface area contributed by atoms with Crippen LogP contribution in [-0.4, -0.2) is 11.0 Å². The summed E-state index contributed by atoms with van der Waals surface area (Å²) in [6.45, 7) is 6.36. The SMILES string of the molecule is CC(=O)c1cccc(SC2CCC(C)C(C)C2)c1. The average Bonchev–Trinajstić information content (AvgIpc) is 2.34. The third-order valence-electron chi connectivity index (χ3n) is 4.09. The predicted molar refractivity (Wildman–Crippen MR) is 78.3 cm³/mol. The van der Waals surface area contributed by atoms with E-state index in [1.54, 1.807) is 6.92 Å². The summed E-state index contributed by atoms with van der Waals surface area (Å²) >= 11 is 1.95. The van der Waals surface area contributed by atoms with E-state index in [1.165, 1.54) is 24.2 Å². The van der Waals surface area contributed by atoms with Crippen LogP contribution in [0.15, 0.2) is 29.2 Å². The predicted octanol–water partition coefficient (Wildman–Crippen LogP) is 4.81. The van der Waals surface area contributed by atoms with Crippen molar-refractivity contribution < 1.29 is 4.79 Å². The summed E-state index contributed by atoms with van der Waals surface area (Å²) in [6.07, 6.45) is 3.95. The van der Waals surface area contributed by atoms with Crippen molar-refractivity contribution in [2.45, 2.75) is 50.2 Å². The zero-order valence-electron chi connectivity index (χ0n) is 11.5.